The first-order chi connectivity index (χ1) is 9.25. The zero-order chi connectivity index (χ0) is 13.2. The van der Waals surface area contributed by atoms with Crippen LogP contribution in [0.25, 0.3) is 0 Å². The topological polar surface area (TPSA) is 42.2 Å². The van der Waals surface area contributed by atoms with E-state index < -0.39 is 0 Å². The molecule has 0 fully saturated rings. The van der Waals surface area contributed by atoms with Gasteiger partial charge >= 0.3 is 0 Å². The van der Waals surface area contributed by atoms with Crippen molar-refractivity contribution in [3.8, 4) is 0 Å². The number of hydrogen-bond acceptors (Lipinski definition) is 3. The van der Waals surface area contributed by atoms with Crippen LogP contribution in [-0.4, -0.2) is 11.7 Å². The molecular formula is C14H12FNO2S. The lowest BCUT2D eigenvalue weighted by molar-refractivity contribution is 0.0906. The van der Waals surface area contributed by atoms with Crippen LogP contribution >= 0.6 is 11.8 Å². The van der Waals surface area contributed by atoms with E-state index in [1.54, 1.807) is 18.2 Å². The summed E-state index contributed by atoms with van der Waals surface area (Å²) in [5, 5.41) is 2.89. The predicted octanol–water partition coefficient (Wildman–Crippen LogP) is 3.39. The Hall–Kier alpha value is -1.75. The Bertz CT molecular complexity index is 597. The van der Waals surface area contributed by atoms with Gasteiger partial charge in [0.25, 0.3) is 5.91 Å². The lowest BCUT2D eigenvalue weighted by atomic mass is 10.0. The fraction of sp³-hybridized carbons (Fsp3) is 0.214. The molecule has 0 bridgehead atoms. The third kappa shape index (κ3) is 2.38. The number of furan rings is 1. The monoisotopic (exact) mass is 277 g/mol. The molecule has 2 aromatic rings. The fourth-order valence-corrected chi connectivity index (χ4v) is 3.31. The first-order valence-electron chi connectivity index (χ1n) is 6.01. The molecule has 1 N–H and O–H groups in total. The lowest BCUT2D eigenvalue weighted by Gasteiger charge is -2.25. The molecule has 0 unspecified atom stereocenters. The standard InChI is InChI=1S/C14H12FNO2S/c15-10-4-1-3-9-11(6-8-19-13(9)10)16-14(17)12-5-2-7-18-12/h1-5,7,11H,6,8H2,(H,16,17)/t11-/m1/s1. The van der Waals surface area contributed by atoms with E-state index in [0.29, 0.717) is 4.90 Å². The molecule has 0 saturated carbocycles. The van der Waals surface area contributed by atoms with Crippen LogP contribution in [0.3, 0.4) is 0 Å². The minimum absolute atomic E-state index is 0.162. The van der Waals surface area contributed by atoms with Crippen molar-refractivity contribution in [2.45, 2.75) is 17.4 Å². The van der Waals surface area contributed by atoms with E-state index in [1.807, 2.05) is 6.07 Å². The van der Waals surface area contributed by atoms with Gasteiger partial charge in [-0.2, -0.15) is 0 Å². The average Bonchev–Trinajstić information content (AvgIpc) is 2.94. The number of rotatable bonds is 2. The number of amides is 1. The highest BCUT2D eigenvalue weighted by atomic mass is 32.2. The minimum Gasteiger partial charge on any atom is -0.459 e. The average molecular weight is 277 g/mol. The van der Waals surface area contributed by atoms with Gasteiger partial charge in [0.1, 0.15) is 5.82 Å². The molecule has 0 radical (unpaired) electrons. The molecule has 0 aliphatic carbocycles. The Morgan fingerprint density at radius 2 is 2.26 bits per heavy atom. The first kappa shape index (κ1) is 12.3. The first-order valence-corrected chi connectivity index (χ1v) is 7.00. The zero-order valence-electron chi connectivity index (χ0n) is 10.1. The molecule has 19 heavy (non-hydrogen) atoms. The Balaban J connectivity index is 1.84. The summed E-state index contributed by atoms with van der Waals surface area (Å²) >= 11 is 1.49. The molecule has 0 saturated heterocycles. The number of fused-ring (bicyclic) bond motifs is 1. The maximum atomic E-state index is 13.7. The SMILES string of the molecule is O=C(N[C@@H]1CCSc2c(F)cccc21)c1ccco1. The largest absolute Gasteiger partial charge is 0.459 e. The van der Waals surface area contributed by atoms with Gasteiger partial charge in [0, 0.05) is 10.6 Å². The summed E-state index contributed by atoms with van der Waals surface area (Å²) in [5.41, 5.74) is 0.844. The van der Waals surface area contributed by atoms with Gasteiger partial charge in [0.2, 0.25) is 0 Å². The van der Waals surface area contributed by atoms with Crippen molar-refractivity contribution >= 4 is 17.7 Å². The molecular weight excluding hydrogens is 265 g/mol. The van der Waals surface area contributed by atoms with Gasteiger partial charge < -0.3 is 9.73 Å². The van der Waals surface area contributed by atoms with Gasteiger partial charge in [-0.05, 0) is 30.2 Å². The molecule has 0 spiro atoms. The summed E-state index contributed by atoms with van der Waals surface area (Å²) in [5.74, 6) is 0.574. The molecule has 3 rings (SSSR count). The van der Waals surface area contributed by atoms with Crippen molar-refractivity contribution in [3.05, 3.63) is 53.7 Å². The number of nitrogens with one attached hydrogen (secondary N) is 1. The van der Waals surface area contributed by atoms with Crippen molar-refractivity contribution in [1.29, 1.82) is 0 Å². The number of halogens is 1. The van der Waals surface area contributed by atoms with E-state index >= 15 is 0 Å². The van der Waals surface area contributed by atoms with Gasteiger partial charge in [-0.15, -0.1) is 11.8 Å². The normalized spacial score (nSPS) is 17.8. The van der Waals surface area contributed by atoms with Crippen LogP contribution in [0.1, 0.15) is 28.6 Å². The van der Waals surface area contributed by atoms with E-state index in [4.69, 9.17) is 4.42 Å². The summed E-state index contributed by atoms with van der Waals surface area (Å²) in [7, 11) is 0. The second kappa shape index (κ2) is 5.09. The number of hydrogen-bond donors (Lipinski definition) is 1. The predicted molar refractivity (Wildman–Crippen MR) is 70.7 cm³/mol. The quantitative estimate of drug-likeness (QED) is 0.915. The molecule has 1 aliphatic heterocycles. The van der Waals surface area contributed by atoms with Crippen LogP contribution in [0.5, 0.6) is 0 Å². The van der Waals surface area contributed by atoms with Crippen LogP contribution in [-0.2, 0) is 0 Å². The number of carbonyl (C=O) groups is 1. The summed E-state index contributed by atoms with van der Waals surface area (Å²) in [4.78, 5) is 12.6. The number of thioether (sulfide) groups is 1. The van der Waals surface area contributed by atoms with Gasteiger partial charge in [0.15, 0.2) is 5.76 Å². The van der Waals surface area contributed by atoms with E-state index in [-0.39, 0.29) is 23.5 Å². The van der Waals surface area contributed by atoms with Crippen LogP contribution in [0.4, 0.5) is 4.39 Å². The highest BCUT2D eigenvalue weighted by molar-refractivity contribution is 7.99. The molecule has 1 amide bonds. The van der Waals surface area contributed by atoms with E-state index in [2.05, 4.69) is 5.32 Å². The Morgan fingerprint density at radius 3 is 3.05 bits per heavy atom. The lowest BCUT2D eigenvalue weighted by Crippen LogP contribution is -2.30. The summed E-state index contributed by atoms with van der Waals surface area (Å²) in [6.07, 6.45) is 2.24. The van der Waals surface area contributed by atoms with E-state index in [0.717, 1.165) is 17.7 Å². The van der Waals surface area contributed by atoms with Crippen molar-refractivity contribution in [3.63, 3.8) is 0 Å². The van der Waals surface area contributed by atoms with Gasteiger partial charge in [-0.1, -0.05) is 12.1 Å². The van der Waals surface area contributed by atoms with Gasteiger partial charge in [-0.25, -0.2) is 4.39 Å². The third-order valence-electron chi connectivity index (χ3n) is 3.08. The van der Waals surface area contributed by atoms with Crippen molar-refractivity contribution in [2.75, 3.05) is 5.75 Å². The molecule has 1 aliphatic rings. The van der Waals surface area contributed by atoms with Crippen LogP contribution < -0.4 is 5.32 Å². The molecule has 3 nitrogen and oxygen atoms in total. The van der Waals surface area contributed by atoms with Crippen LogP contribution in [0.15, 0.2) is 45.9 Å². The summed E-state index contributed by atoms with van der Waals surface area (Å²) in [6, 6.07) is 8.09. The Morgan fingerprint density at radius 1 is 1.37 bits per heavy atom. The van der Waals surface area contributed by atoms with Gasteiger partial charge in [-0.3, -0.25) is 4.79 Å². The molecule has 98 valence electrons. The third-order valence-corrected chi connectivity index (χ3v) is 4.24. The van der Waals surface area contributed by atoms with E-state index in [9.17, 15) is 9.18 Å². The summed E-state index contributed by atoms with van der Waals surface area (Å²) in [6.45, 7) is 0. The zero-order valence-corrected chi connectivity index (χ0v) is 10.9. The Labute approximate surface area is 114 Å². The molecule has 2 heterocycles. The summed E-state index contributed by atoms with van der Waals surface area (Å²) < 4.78 is 18.8. The Kier molecular flexibility index (Phi) is 3.29. The number of carbonyl (C=O) groups excluding carboxylic acids is 1. The second-order valence-electron chi connectivity index (χ2n) is 4.30. The molecule has 5 heteroatoms. The minimum atomic E-state index is -0.267. The van der Waals surface area contributed by atoms with Crippen LogP contribution in [0.2, 0.25) is 0 Å². The molecule has 1 aromatic heterocycles. The highest BCUT2D eigenvalue weighted by Gasteiger charge is 2.25. The highest BCUT2D eigenvalue weighted by Crippen LogP contribution is 2.37. The van der Waals surface area contributed by atoms with Crippen molar-refractivity contribution < 1.29 is 13.6 Å². The van der Waals surface area contributed by atoms with E-state index in [1.165, 1.54) is 24.1 Å². The second-order valence-corrected chi connectivity index (χ2v) is 5.40. The van der Waals surface area contributed by atoms with Crippen molar-refractivity contribution in [1.82, 2.24) is 5.32 Å². The van der Waals surface area contributed by atoms with Crippen molar-refractivity contribution in [2.24, 2.45) is 0 Å². The smallest absolute Gasteiger partial charge is 0.287 e. The van der Waals surface area contributed by atoms with Crippen LogP contribution in [0, 0.1) is 5.82 Å². The number of benzene rings is 1. The molecule has 1 aromatic carbocycles. The van der Waals surface area contributed by atoms with Gasteiger partial charge in [0.05, 0.1) is 12.3 Å². The maximum absolute atomic E-state index is 13.7. The molecule has 1 atom stereocenters. The fourth-order valence-electron chi connectivity index (χ4n) is 2.17. The maximum Gasteiger partial charge on any atom is 0.287 e.